The first-order valence-corrected chi connectivity index (χ1v) is 7.95. The van der Waals surface area contributed by atoms with Crippen molar-refractivity contribution in [2.45, 2.75) is 13.3 Å². The van der Waals surface area contributed by atoms with E-state index in [-0.39, 0.29) is 18.0 Å². The van der Waals surface area contributed by atoms with Gasteiger partial charge in [-0.1, -0.05) is 12.1 Å². The van der Waals surface area contributed by atoms with Gasteiger partial charge in [-0.3, -0.25) is 14.4 Å². The fourth-order valence-corrected chi connectivity index (χ4v) is 3.37. The second-order valence-electron chi connectivity index (χ2n) is 6.05. The lowest BCUT2D eigenvalue weighted by Crippen LogP contribution is -2.35. The van der Waals surface area contributed by atoms with E-state index >= 15 is 0 Å². The summed E-state index contributed by atoms with van der Waals surface area (Å²) in [6.45, 7) is 2.14. The van der Waals surface area contributed by atoms with Gasteiger partial charge in [-0.15, -0.1) is 0 Å². The summed E-state index contributed by atoms with van der Waals surface area (Å²) in [6, 6.07) is 6.60. The standard InChI is InChI=1S/C16H15BrN2O4/c1-16(15(22)23)5-6-19(8-16)14(21)10-7-12(20)18-13-9(10)3-2-4-11(13)17/h2-4,7H,5-6,8H2,1H3,(H,18,20)(H,22,23). The number of aliphatic carboxylic acids is 1. The highest BCUT2D eigenvalue weighted by Crippen LogP contribution is 2.32. The number of H-pyrrole nitrogens is 1. The number of likely N-dealkylation sites (tertiary alicyclic amines) is 1. The minimum Gasteiger partial charge on any atom is -0.481 e. The van der Waals surface area contributed by atoms with Crippen molar-refractivity contribution in [1.82, 2.24) is 9.88 Å². The highest BCUT2D eigenvalue weighted by molar-refractivity contribution is 9.10. The Hall–Kier alpha value is -2.15. The molecule has 1 saturated heterocycles. The lowest BCUT2D eigenvalue weighted by Gasteiger charge is -2.20. The number of carboxylic acids is 1. The highest BCUT2D eigenvalue weighted by atomic mass is 79.9. The van der Waals surface area contributed by atoms with Crippen LogP contribution < -0.4 is 5.56 Å². The molecule has 7 heteroatoms. The molecule has 0 aliphatic carbocycles. The number of amides is 1. The fraction of sp³-hybridized carbons (Fsp3) is 0.312. The highest BCUT2D eigenvalue weighted by Gasteiger charge is 2.42. The molecule has 0 bridgehead atoms. The number of carboxylic acid groups (broad SMARTS) is 1. The number of fused-ring (bicyclic) bond motifs is 1. The number of carbonyl (C=O) groups excluding carboxylic acids is 1. The molecule has 3 rings (SSSR count). The van der Waals surface area contributed by atoms with Crippen LogP contribution in [0.15, 0.2) is 33.5 Å². The predicted molar refractivity (Wildman–Crippen MR) is 88.5 cm³/mol. The third-order valence-electron chi connectivity index (χ3n) is 4.33. The Labute approximate surface area is 140 Å². The Morgan fingerprint density at radius 3 is 2.78 bits per heavy atom. The summed E-state index contributed by atoms with van der Waals surface area (Å²) >= 11 is 3.36. The summed E-state index contributed by atoms with van der Waals surface area (Å²) < 4.78 is 0.693. The molecule has 23 heavy (non-hydrogen) atoms. The van der Waals surface area contributed by atoms with Crippen LogP contribution >= 0.6 is 15.9 Å². The van der Waals surface area contributed by atoms with Gasteiger partial charge in [0.05, 0.1) is 16.5 Å². The van der Waals surface area contributed by atoms with Crippen LogP contribution in [0.1, 0.15) is 23.7 Å². The van der Waals surface area contributed by atoms with Gasteiger partial charge in [-0.05, 0) is 35.3 Å². The number of aromatic nitrogens is 1. The number of carbonyl (C=O) groups is 2. The maximum Gasteiger partial charge on any atom is 0.311 e. The first-order chi connectivity index (χ1) is 10.8. The van der Waals surface area contributed by atoms with Gasteiger partial charge in [0.1, 0.15) is 0 Å². The van der Waals surface area contributed by atoms with Crippen LogP contribution in [0.25, 0.3) is 10.9 Å². The molecule has 2 aromatic rings. The fourth-order valence-electron chi connectivity index (χ4n) is 2.90. The average molecular weight is 379 g/mol. The summed E-state index contributed by atoms with van der Waals surface area (Å²) in [5, 5.41) is 9.93. The zero-order chi connectivity index (χ0) is 16.8. The number of para-hydroxylation sites is 1. The number of pyridine rings is 1. The smallest absolute Gasteiger partial charge is 0.311 e. The molecule has 1 unspecified atom stereocenters. The van der Waals surface area contributed by atoms with E-state index in [1.54, 1.807) is 25.1 Å². The van der Waals surface area contributed by atoms with Crippen LogP contribution in [0.2, 0.25) is 0 Å². The van der Waals surface area contributed by atoms with Crippen molar-refractivity contribution in [3.05, 3.63) is 44.7 Å². The van der Waals surface area contributed by atoms with Crippen LogP contribution in [-0.4, -0.2) is 40.0 Å². The molecular weight excluding hydrogens is 364 g/mol. The molecule has 120 valence electrons. The first-order valence-electron chi connectivity index (χ1n) is 7.16. The number of nitrogens with one attached hydrogen (secondary N) is 1. The summed E-state index contributed by atoms with van der Waals surface area (Å²) in [5.41, 5.74) is -0.455. The van der Waals surface area contributed by atoms with Crippen molar-refractivity contribution in [1.29, 1.82) is 0 Å². The largest absolute Gasteiger partial charge is 0.481 e. The van der Waals surface area contributed by atoms with Crippen LogP contribution in [0, 0.1) is 5.41 Å². The van der Waals surface area contributed by atoms with E-state index in [0.29, 0.717) is 33.9 Å². The number of hydrogen-bond acceptors (Lipinski definition) is 3. The number of halogens is 1. The van der Waals surface area contributed by atoms with Gasteiger partial charge < -0.3 is 15.0 Å². The van der Waals surface area contributed by atoms with E-state index < -0.39 is 11.4 Å². The Morgan fingerprint density at radius 1 is 1.39 bits per heavy atom. The Kier molecular flexibility index (Phi) is 3.75. The number of hydrogen-bond donors (Lipinski definition) is 2. The van der Waals surface area contributed by atoms with Gasteiger partial charge in [0.15, 0.2) is 0 Å². The molecule has 2 N–H and O–H groups in total. The molecule has 2 heterocycles. The molecule has 1 atom stereocenters. The number of benzene rings is 1. The quantitative estimate of drug-likeness (QED) is 0.837. The molecule has 6 nitrogen and oxygen atoms in total. The van der Waals surface area contributed by atoms with E-state index in [2.05, 4.69) is 20.9 Å². The average Bonchev–Trinajstić information content (AvgIpc) is 2.91. The van der Waals surface area contributed by atoms with Crippen LogP contribution in [0.3, 0.4) is 0 Å². The second-order valence-corrected chi connectivity index (χ2v) is 6.91. The molecule has 0 spiro atoms. The summed E-state index contributed by atoms with van der Waals surface area (Å²) in [4.78, 5) is 40.2. The lowest BCUT2D eigenvalue weighted by molar-refractivity contribution is -0.147. The van der Waals surface area contributed by atoms with Crippen molar-refractivity contribution in [2.75, 3.05) is 13.1 Å². The SMILES string of the molecule is CC1(C(=O)O)CCN(C(=O)c2cc(=O)[nH]c3c(Br)cccc23)C1. The van der Waals surface area contributed by atoms with Crippen molar-refractivity contribution in [3.63, 3.8) is 0 Å². The molecular formula is C16H15BrN2O4. The molecule has 1 fully saturated rings. The van der Waals surface area contributed by atoms with Gasteiger partial charge in [0.2, 0.25) is 5.56 Å². The first kappa shape index (κ1) is 15.7. The van der Waals surface area contributed by atoms with Crippen molar-refractivity contribution >= 4 is 38.7 Å². The topological polar surface area (TPSA) is 90.5 Å². The zero-order valence-corrected chi connectivity index (χ0v) is 14.0. The minimum absolute atomic E-state index is 0.142. The van der Waals surface area contributed by atoms with E-state index in [9.17, 15) is 19.5 Å². The van der Waals surface area contributed by atoms with Crippen LogP contribution in [-0.2, 0) is 4.79 Å². The zero-order valence-electron chi connectivity index (χ0n) is 12.4. The molecule has 1 aliphatic heterocycles. The van der Waals surface area contributed by atoms with Gasteiger partial charge in [0.25, 0.3) is 5.91 Å². The van der Waals surface area contributed by atoms with Crippen molar-refractivity contribution in [3.8, 4) is 0 Å². The summed E-state index contributed by atoms with van der Waals surface area (Å²) in [6.07, 6.45) is 0.402. The molecule has 1 aromatic heterocycles. The maximum absolute atomic E-state index is 12.8. The second kappa shape index (κ2) is 5.49. The van der Waals surface area contributed by atoms with Crippen LogP contribution in [0.4, 0.5) is 0 Å². The molecule has 0 radical (unpaired) electrons. The minimum atomic E-state index is -0.937. The molecule has 1 aromatic carbocycles. The Balaban J connectivity index is 2.04. The number of rotatable bonds is 2. The van der Waals surface area contributed by atoms with Crippen molar-refractivity contribution in [2.24, 2.45) is 5.41 Å². The Bertz CT molecular complexity index is 876. The molecule has 1 aliphatic rings. The van der Waals surface area contributed by atoms with Gasteiger partial charge in [0, 0.05) is 29.0 Å². The number of aromatic amines is 1. The van der Waals surface area contributed by atoms with Crippen molar-refractivity contribution < 1.29 is 14.7 Å². The monoisotopic (exact) mass is 378 g/mol. The van der Waals surface area contributed by atoms with Gasteiger partial charge in [-0.25, -0.2) is 0 Å². The third-order valence-corrected chi connectivity index (χ3v) is 5.00. The molecule has 1 amide bonds. The van der Waals surface area contributed by atoms with E-state index in [1.807, 2.05) is 0 Å². The van der Waals surface area contributed by atoms with E-state index in [1.165, 1.54) is 11.0 Å². The summed E-state index contributed by atoms with van der Waals surface area (Å²) in [5.74, 6) is -1.23. The third kappa shape index (κ3) is 2.65. The molecule has 0 saturated carbocycles. The Morgan fingerprint density at radius 2 is 2.13 bits per heavy atom. The predicted octanol–water partition coefficient (Wildman–Crippen LogP) is 2.23. The maximum atomic E-state index is 12.8. The lowest BCUT2D eigenvalue weighted by atomic mass is 9.90. The van der Waals surface area contributed by atoms with E-state index in [4.69, 9.17) is 0 Å². The normalized spacial score (nSPS) is 20.9. The van der Waals surface area contributed by atoms with Gasteiger partial charge in [-0.2, -0.15) is 0 Å². The van der Waals surface area contributed by atoms with Crippen LogP contribution in [0.5, 0.6) is 0 Å². The van der Waals surface area contributed by atoms with E-state index in [0.717, 1.165) is 0 Å². The summed E-state index contributed by atoms with van der Waals surface area (Å²) in [7, 11) is 0. The van der Waals surface area contributed by atoms with Gasteiger partial charge >= 0.3 is 5.97 Å². The number of nitrogens with zero attached hydrogens (tertiary/aromatic N) is 1.